The molecule has 4 fully saturated rings. The van der Waals surface area contributed by atoms with E-state index in [9.17, 15) is 37.2 Å². The van der Waals surface area contributed by atoms with Gasteiger partial charge in [-0.2, -0.15) is 0 Å². The number of carbonyl (C=O) groups is 6. The molecule has 250 valence electrons. The van der Waals surface area contributed by atoms with Gasteiger partial charge in [0.1, 0.15) is 40.7 Å². The number of nitrogens with two attached hydrogens (primary N) is 1. The van der Waals surface area contributed by atoms with Crippen LogP contribution in [0.15, 0.2) is 24.3 Å². The molecule has 4 heterocycles. The average molecular weight is 681 g/mol. The largest absolute Gasteiger partial charge is 0.426 e. The number of amides is 3. The number of rotatable bonds is 9. The number of β-lactam (4-membered cyclic amide) rings is 2. The Hall–Kier alpha value is -3.70. The SMILES string of the molecule is CC(C)C(=O)Oc1ccc(C(N)C(=O)N[C@@H]2C(=O)N3[C@@H]2SC(C)(C)[C@@H]3C(=O)OCOC(=O)[C@@H]2N3C(=O)C[C@H]3S(=O)(=O)C2(C)C)cc1. The molecule has 5 rings (SSSR count). The van der Waals surface area contributed by atoms with Crippen molar-refractivity contribution in [1.29, 1.82) is 0 Å². The summed E-state index contributed by atoms with van der Waals surface area (Å²) in [5.41, 5.74) is 6.56. The van der Waals surface area contributed by atoms with Crippen LogP contribution in [0.1, 0.15) is 59.6 Å². The number of hydrogen-bond donors (Lipinski definition) is 2. The predicted molar refractivity (Wildman–Crippen MR) is 161 cm³/mol. The number of sulfone groups is 1. The van der Waals surface area contributed by atoms with Gasteiger partial charge in [-0.25, -0.2) is 18.0 Å². The zero-order chi connectivity index (χ0) is 34.1. The summed E-state index contributed by atoms with van der Waals surface area (Å²) in [6.07, 6.45) is -0.207. The van der Waals surface area contributed by atoms with E-state index in [1.807, 2.05) is 0 Å². The first-order valence-electron chi connectivity index (χ1n) is 14.6. The summed E-state index contributed by atoms with van der Waals surface area (Å²) in [7, 11) is -3.82. The summed E-state index contributed by atoms with van der Waals surface area (Å²) < 4.78 is 38.6. The third-order valence-corrected chi connectivity index (χ3v) is 13.1. The second-order valence-corrected chi connectivity index (χ2v) is 17.4. The van der Waals surface area contributed by atoms with Gasteiger partial charge in [0.25, 0.3) is 0 Å². The fourth-order valence-corrected chi connectivity index (χ4v) is 9.75. The molecule has 17 heteroatoms. The van der Waals surface area contributed by atoms with E-state index in [1.54, 1.807) is 39.8 Å². The highest BCUT2D eigenvalue weighted by molar-refractivity contribution is 8.01. The minimum absolute atomic E-state index is 0.207. The molecule has 46 heavy (non-hydrogen) atoms. The van der Waals surface area contributed by atoms with E-state index in [-0.39, 0.29) is 12.3 Å². The number of esters is 3. The Morgan fingerprint density at radius 3 is 2.15 bits per heavy atom. The fraction of sp³-hybridized carbons (Fsp3) is 0.586. The predicted octanol–water partition coefficient (Wildman–Crippen LogP) is -0.0272. The van der Waals surface area contributed by atoms with Gasteiger partial charge in [-0.15, -0.1) is 11.8 Å². The summed E-state index contributed by atoms with van der Waals surface area (Å²) >= 11 is 1.27. The van der Waals surface area contributed by atoms with E-state index in [1.165, 1.54) is 42.6 Å². The Morgan fingerprint density at radius 2 is 1.59 bits per heavy atom. The minimum atomic E-state index is -3.82. The van der Waals surface area contributed by atoms with Crippen LogP contribution in [0.3, 0.4) is 0 Å². The number of hydrogen-bond acceptors (Lipinski definition) is 13. The van der Waals surface area contributed by atoms with Crippen molar-refractivity contribution >= 4 is 57.2 Å². The van der Waals surface area contributed by atoms with E-state index in [2.05, 4.69) is 5.32 Å². The maximum Gasteiger partial charge on any atom is 0.333 e. The highest BCUT2D eigenvalue weighted by Crippen LogP contribution is 2.51. The maximum atomic E-state index is 13.2. The second kappa shape index (κ2) is 11.5. The number of fused-ring (bicyclic) bond motifs is 2. The third kappa shape index (κ3) is 5.31. The van der Waals surface area contributed by atoms with Crippen molar-refractivity contribution in [3.8, 4) is 5.75 Å². The highest BCUT2D eigenvalue weighted by Gasteiger charge is 2.68. The van der Waals surface area contributed by atoms with Crippen LogP contribution < -0.4 is 15.8 Å². The van der Waals surface area contributed by atoms with Gasteiger partial charge >= 0.3 is 17.9 Å². The van der Waals surface area contributed by atoms with E-state index in [0.717, 1.165) is 4.90 Å². The Bertz CT molecular complexity index is 1610. The Kier molecular flexibility index (Phi) is 8.43. The van der Waals surface area contributed by atoms with E-state index in [4.69, 9.17) is 19.9 Å². The van der Waals surface area contributed by atoms with Gasteiger partial charge in [0, 0.05) is 4.75 Å². The first-order valence-corrected chi connectivity index (χ1v) is 17.0. The lowest BCUT2D eigenvalue weighted by Gasteiger charge is -2.44. The number of benzene rings is 1. The summed E-state index contributed by atoms with van der Waals surface area (Å²) in [5.74, 6) is -3.96. The monoisotopic (exact) mass is 680 g/mol. The molecular weight excluding hydrogens is 644 g/mol. The van der Waals surface area contributed by atoms with Crippen LogP contribution in [0.25, 0.3) is 0 Å². The van der Waals surface area contributed by atoms with Crippen LogP contribution in [0.2, 0.25) is 0 Å². The molecule has 4 aliphatic heterocycles. The third-order valence-electron chi connectivity index (χ3n) is 8.77. The maximum absolute atomic E-state index is 13.2. The van der Waals surface area contributed by atoms with Gasteiger partial charge in [0.2, 0.25) is 24.5 Å². The van der Waals surface area contributed by atoms with Gasteiger partial charge in [0.05, 0.1) is 17.1 Å². The van der Waals surface area contributed by atoms with Crippen molar-refractivity contribution in [2.75, 3.05) is 6.79 Å². The standard InChI is InChI=1S/C29H36N4O11S2/c1-13(2)25(37)44-15-9-7-14(8-10-15)18(30)22(35)31-19-23(36)33-20(28(3,4)45-24(19)33)26(38)42-12-43-27(39)21-29(5,6)46(40,41)17-11-16(34)32(17)21/h7-10,13,17-21,24H,11-12,30H2,1-6H3,(H,31,35)/t17-,18?,19-,20+,21+,24-/m1/s1. The molecule has 0 saturated carbocycles. The second-order valence-electron chi connectivity index (χ2n) is 12.9. The van der Waals surface area contributed by atoms with Gasteiger partial charge in [-0.1, -0.05) is 26.0 Å². The smallest absolute Gasteiger partial charge is 0.333 e. The van der Waals surface area contributed by atoms with Gasteiger partial charge in [-0.3, -0.25) is 19.2 Å². The van der Waals surface area contributed by atoms with E-state index >= 15 is 0 Å². The Morgan fingerprint density at radius 1 is 1.00 bits per heavy atom. The molecule has 1 aromatic carbocycles. The molecule has 3 N–H and O–H groups in total. The van der Waals surface area contributed by atoms with Crippen molar-refractivity contribution in [3.63, 3.8) is 0 Å². The molecule has 4 aliphatic rings. The van der Waals surface area contributed by atoms with Crippen molar-refractivity contribution in [3.05, 3.63) is 29.8 Å². The van der Waals surface area contributed by atoms with Crippen LogP contribution in [0.4, 0.5) is 0 Å². The zero-order valence-electron chi connectivity index (χ0n) is 26.0. The van der Waals surface area contributed by atoms with Crippen LogP contribution in [-0.2, 0) is 48.1 Å². The summed E-state index contributed by atoms with van der Waals surface area (Å²) in [5, 5.41) is 0.957. The van der Waals surface area contributed by atoms with E-state index < -0.39 is 96.7 Å². The molecule has 6 atom stereocenters. The van der Waals surface area contributed by atoms with Crippen LogP contribution >= 0.6 is 11.8 Å². The van der Waals surface area contributed by atoms with Crippen molar-refractivity contribution in [2.24, 2.45) is 11.7 Å². The highest BCUT2D eigenvalue weighted by atomic mass is 32.2. The van der Waals surface area contributed by atoms with Crippen LogP contribution in [-0.4, -0.2) is 99.0 Å². The lowest BCUT2D eigenvalue weighted by atomic mass is 9.95. The quantitative estimate of drug-likeness (QED) is 0.152. The zero-order valence-corrected chi connectivity index (χ0v) is 27.7. The number of nitrogens with zero attached hydrogens (tertiary/aromatic N) is 2. The molecule has 1 aromatic rings. The number of thioether (sulfide) groups is 1. The summed E-state index contributed by atoms with van der Waals surface area (Å²) in [6.45, 7) is 8.67. The number of ether oxygens (including phenoxy) is 3. The lowest BCUT2D eigenvalue weighted by molar-refractivity contribution is -0.181. The molecule has 0 aliphatic carbocycles. The number of carbonyl (C=O) groups excluding carboxylic acids is 6. The number of nitrogens with one attached hydrogen (secondary N) is 1. The summed E-state index contributed by atoms with van der Waals surface area (Å²) in [6, 6.07) is 1.55. The first-order chi connectivity index (χ1) is 21.3. The van der Waals surface area contributed by atoms with Crippen molar-refractivity contribution in [1.82, 2.24) is 15.1 Å². The average Bonchev–Trinajstić information content (AvgIpc) is 3.30. The van der Waals surface area contributed by atoms with Crippen molar-refractivity contribution in [2.45, 2.75) is 92.4 Å². The van der Waals surface area contributed by atoms with Crippen LogP contribution in [0, 0.1) is 5.92 Å². The normalized spacial score (nSPS) is 28.7. The van der Waals surface area contributed by atoms with Crippen molar-refractivity contribution < 1.29 is 51.4 Å². The van der Waals surface area contributed by atoms with Crippen LogP contribution in [0.5, 0.6) is 5.75 Å². The van der Waals surface area contributed by atoms with Gasteiger partial charge in [-0.05, 0) is 45.4 Å². The Labute approximate surface area is 269 Å². The lowest BCUT2D eigenvalue weighted by Crippen LogP contribution is -2.71. The molecule has 3 amide bonds. The first kappa shape index (κ1) is 33.7. The topological polar surface area (TPSA) is 209 Å². The molecule has 0 aromatic heterocycles. The molecule has 4 saturated heterocycles. The molecule has 1 unspecified atom stereocenters. The minimum Gasteiger partial charge on any atom is -0.426 e. The fourth-order valence-electron chi connectivity index (χ4n) is 6.01. The molecular formula is C29H36N4O11S2. The molecule has 0 radical (unpaired) electrons. The summed E-state index contributed by atoms with van der Waals surface area (Å²) in [4.78, 5) is 78.3. The van der Waals surface area contributed by atoms with Gasteiger partial charge < -0.3 is 35.1 Å². The molecule has 15 nitrogen and oxygen atoms in total. The van der Waals surface area contributed by atoms with Gasteiger partial charge in [0.15, 0.2) is 9.84 Å². The van der Waals surface area contributed by atoms with E-state index in [0.29, 0.717) is 11.3 Å². The Balaban J connectivity index is 1.16. The molecule has 0 bridgehead atoms. The molecule has 0 spiro atoms.